The first-order valence-electron chi connectivity index (χ1n) is 5.85. The van der Waals surface area contributed by atoms with Gasteiger partial charge in [0.25, 0.3) is 0 Å². The molecule has 1 unspecified atom stereocenters. The van der Waals surface area contributed by atoms with Crippen molar-refractivity contribution in [2.24, 2.45) is 11.8 Å². The van der Waals surface area contributed by atoms with Crippen LogP contribution in [0.15, 0.2) is 0 Å². The van der Waals surface area contributed by atoms with Crippen molar-refractivity contribution in [2.45, 2.75) is 59.3 Å². The fraction of sp³-hybridized carbons (Fsp3) is 1.00. The highest BCUT2D eigenvalue weighted by Gasteiger charge is 2.04. The van der Waals surface area contributed by atoms with E-state index in [1.165, 1.54) is 38.5 Å². The molecular formula is C12H26O. The molecule has 0 radical (unpaired) electrons. The van der Waals surface area contributed by atoms with Crippen LogP contribution in [0, 0.1) is 11.8 Å². The van der Waals surface area contributed by atoms with Gasteiger partial charge in [0.2, 0.25) is 0 Å². The normalized spacial score (nSPS) is 13.6. The summed E-state index contributed by atoms with van der Waals surface area (Å²) in [5.74, 6) is 1.44. The standard InChI is InChI=1S/C12H26O/c1-4-12(5-2)9-7-6-8-11(3)10-13/h11-13H,4-10H2,1-3H3. The highest BCUT2D eigenvalue weighted by molar-refractivity contribution is 4.57. The van der Waals surface area contributed by atoms with Gasteiger partial charge in [0.15, 0.2) is 0 Å². The number of unbranched alkanes of at least 4 members (excludes halogenated alkanes) is 1. The molecule has 13 heavy (non-hydrogen) atoms. The number of hydrogen-bond donors (Lipinski definition) is 1. The molecule has 0 saturated carbocycles. The summed E-state index contributed by atoms with van der Waals surface area (Å²) in [6.45, 7) is 7.04. The summed E-state index contributed by atoms with van der Waals surface area (Å²) in [4.78, 5) is 0. The highest BCUT2D eigenvalue weighted by atomic mass is 16.3. The third-order valence-corrected chi connectivity index (χ3v) is 3.03. The minimum Gasteiger partial charge on any atom is -0.396 e. The first-order valence-corrected chi connectivity index (χ1v) is 5.85. The van der Waals surface area contributed by atoms with Crippen LogP contribution in [0.4, 0.5) is 0 Å². The van der Waals surface area contributed by atoms with Crippen LogP contribution in [-0.4, -0.2) is 11.7 Å². The smallest absolute Gasteiger partial charge is 0.0456 e. The van der Waals surface area contributed by atoms with E-state index in [2.05, 4.69) is 20.8 Å². The lowest BCUT2D eigenvalue weighted by molar-refractivity contribution is 0.226. The van der Waals surface area contributed by atoms with Crippen LogP contribution in [0.1, 0.15) is 59.3 Å². The first-order chi connectivity index (χ1) is 6.24. The zero-order chi connectivity index (χ0) is 10.1. The van der Waals surface area contributed by atoms with Crippen molar-refractivity contribution in [1.82, 2.24) is 0 Å². The van der Waals surface area contributed by atoms with Crippen LogP contribution >= 0.6 is 0 Å². The van der Waals surface area contributed by atoms with E-state index in [9.17, 15) is 0 Å². The Kier molecular flexibility index (Phi) is 8.53. The minimum atomic E-state index is 0.352. The average Bonchev–Trinajstić information content (AvgIpc) is 2.18. The molecule has 0 spiro atoms. The predicted octanol–water partition coefficient (Wildman–Crippen LogP) is 3.61. The van der Waals surface area contributed by atoms with Gasteiger partial charge in [-0.1, -0.05) is 52.9 Å². The van der Waals surface area contributed by atoms with Crippen molar-refractivity contribution in [3.63, 3.8) is 0 Å². The van der Waals surface area contributed by atoms with Gasteiger partial charge in [0.1, 0.15) is 0 Å². The zero-order valence-electron chi connectivity index (χ0n) is 9.55. The van der Waals surface area contributed by atoms with Gasteiger partial charge in [-0.15, -0.1) is 0 Å². The molecule has 0 aliphatic rings. The van der Waals surface area contributed by atoms with Gasteiger partial charge in [-0.2, -0.15) is 0 Å². The van der Waals surface area contributed by atoms with E-state index in [4.69, 9.17) is 5.11 Å². The van der Waals surface area contributed by atoms with Crippen molar-refractivity contribution in [1.29, 1.82) is 0 Å². The Morgan fingerprint density at radius 3 is 2.00 bits per heavy atom. The van der Waals surface area contributed by atoms with Crippen molar-refractivity contribution in [3.8, 4) is 0 Å². The quantitative estimate of drug-likeness (QED) is 0.574. The molecule has 0 bridgehead atoms. The number of rotatable bonds is 8. The van der Waals surface area contributed by atoms with Gasteiger partial charge in [-0.25, -0.2) is 0 Å². The molecule has 0 heterocycles. The van der Waals surface area contributed by atoms with Crippen LogP contribution in [-0.2, 0) is 0 Å². The summed E-state index contributed by atoms with van der Waals surface area (Å²) < 4.78 is 0. The fourth-order valence-electron chi connectivity index (χ4n) is 1.71. The Morgan fingerprint density at radius 1 is 1.00 bits per heavy atom. The molecule has 80 valence electrons. The van der Waals surface area contributed by atoms with E-state index >= 15 is 0 Å². The average molecular weight is 186 g/mol. The third kappa shape index (κ3) is 7.06. The van der Waals surface area contributed by atoms with E-state index in [1.807, 2.05) is 0 Å². The summed E-state index contributed by atoms with van der Waals surface area (Å²) in [6.07, 6.45) is 7.86. The van der Waals surface area contributed by atoms with Crippen LogP contribution in [0.3, 0.4) is 0 Å². The molecule has 0 aromatic rings. The largest absolute Gasteiger partial charge is 0.396 e. The van der Waals surface area contributed by atoms with Gasteiger partial charge in [-0.3, -0.25) is 0 Å². The van der Waals surface area contributed by atoms with Crippen molar-refractivity contribution >= 4 is 0 Å². The number of hydrogen-bond acceptors (Lipinski definition) is 1. The van der Waals surface area contributed by atoms with E-state index < -0.39 is 0 Å². The fourth-order valence-corrected chi connectivity index (χ4v) is 1.71. The second kappa shape index (κ2) is 8.55. The molecule has 0 saturated heterocycles. The van der Waals surface area contributed by atoms with Crippen molar-refractivity contribution < 1.29 is 5.11 Å². The molecule has 0 amide bonds. The first kappa shape index (κ1) is 13.0. The molecule has 0 aromatic heterocycles. The van der Waals surface area contributed by atoms with Crippen LogP contribution in [0.25, 0.3) is 0 Å². The minimum absolute atomic E-state index is 0.352. The molecule has 0 aliphatic heterocycles. The molecule has 0 rings (SSSR count). The third-order valence-electron chi connectivity index (χ3n) is 3.03. The Balaban J connectivity index is 3.23. The van der Waals surface area contributed by atoms with E-state index in [-0.39, 0.29) is 0 Å². The van der Waals surface area contributed by atoms with E-state index in [1.54, 1.807) is 0 Å². The SMILES string of the molecule is CCC(CC)CCCCC(C)CO. The molecule has 0 aliphatic carbocycles. The van der Waals surface area contributed by atoms with Crippen molar-refractivity contribution in [3.05, 3.63) is 0 Å². The number of aliphatic hydroxyl groups is 1. The summed E-state index contributed by atoms with van der Waals surface area (Å²) in [5, 5.41) is 8.84. The summed E-state index contributed by atoms with van der Waals surface area (Å²) in [5.41, 5.74) is 0. The zero-order valence-corrected chi connectivity index (χ0v) is 9.55. The Labute approximate surface area is 83.5 Å². The maximum absolute atomic E-state index is 8.84. The molecule has 1 atom stereocenters. The Morgan fingerprint density at radius 2 is 1.54 bits per heavy atom. The van der Waals surface area contributed by atoms with E-state index in [0.717, 1.165) is 5.92 Å². The van der Waals surface area contributed by atoms with Crippen LogP contribution in [0.5, 0.6) is 0 Å². The number of aliphatic hydroxyl groups excluding tert-OH is 1. The van der Waals surface area contributed by atoms with Gasteiger partial charge < -0.3 is 5.11 Å². The van der Waals surface area contributed by atoms with Crippen LogP contribution < -0.4 is 0 Å². The molecular weight excluding hydrogens is 160 g/mol. The van der Waals surface area contributed by atoms with Crippen LogP contribution in [0.2, 0.25) is 0 Å². The van der Waals surface area contributed by atoms with E-state index in [0.29, 0.717) is 12.5 Å². The monoisotopic (exact) mass is 186 g/mol. The molecule has 1 nitrogen and oxygen atoms in total. The predicted molar refractivity (Wildman–Crippen MR) is 58.8 cm³/mol. The molecule has 1 N–H and O–H groups in total. The molecule has 1 heteroatoms. The lowest BCUT2D eigenvalue weighted by atomic mass is 9.95. The van der Waals surface area contributed by atoms with Gasteiger partial charge >= 0.3 is 0 Å². The topological polar surface area (TPSA) is 20.2 Å². The van der Waals surface area contributed by atoms with Gasteiger partial charge in [0, 0.05) is 6.61 Å². The second-order valence-corrected chi connectivity index (χ2v) is 4.25. The molecule has 0 aromatic carbocycles. The van der Waals surface area contributed by atoms with Gasteiger partial charge in [-0.05, 0) is 18.3 Å². The molecule has 0 fully saturated rings. The maximum Gasteiger partial charge on any atom is 0.0456 e. The Bertz CT molecular complexity index is 97.3. The lowest BCUT2D eigenvalue weighted by Gasteiger charge is -2.12. The highest BCUT2D eigenvalue weighted by Crippen LogP contribution is 2.17. The van der Waals surface area contributed by atoms with Gasteiger partial charge in [0.05, 0.1) is 0 Å². The maximum atomic E-state index is 8.84. The lowest BCUT2D eigenvalue weighted by Crippen LogP contribution is -2.01. The second-order valence-electron chi connectivity index (χ2n) is 4.25. The summed E-state index contributed by atoms with van der Waals surface area (Å²) >= 11 is 0. The van der Waals surface area contributed by atoms with Crippen molar-refractivity contribution in [2.75, 3.05) is 6.61 Å². The Hall–Kier alpha value is -0.0400. The summed E-state index contributed by atoms with van der Waals surface area (Å²) in [6, 6.07) is 0. The summed E-state index contributed by atoms with van der Waals surface area (Å²) in [7, 11) is 0.